The van der Waals surface area contributed by atoms with Gasteiger partial charge in [0.25, 0.3) is 0 Å². The zero-order chi connectivity index (χ0) is 10.5. The summed E-state index contributed by atoms with van der Waals surface area (Å²) in [7, 11) is 0. The van der Waals surface area contributed by atoms with Gasteiger partial charge in [-0.05, 0) is 20.8 Å². The molecule has 3 N–H and O–H groups in total. The Morgan fingerprint density at radius 2 is 2.00 bits per heavy atom. The molecule has 0 bridgehead atoms. The SMILES string of the molecule is CCOC(=O)C(C)(C)CNC(N)=O. The predicted octanol–water partition coefficient (Wildman–Crippen LogP) is 0.244. The van der Waals surface area contributed by atoms with E-state index in [-0.39, 0.29) is 12.5 Å². The fourth-order valence-electron chi connectivity index (χ4n) is 0.707. The molecule has 0 aromatic rings. The molecule has 5 nitrogen and oxygen atoms in total. The molecule has 0 spiro atoms. The summed E-state index contributed by atoms with van der Waals surface area (Å²) >= 11 is 0. The average molecular weight is 188 g/mol. The highest BCUT2D eigenvalue weighted by atomic mass is 16.5. The molecule has 2 amide bonds. The maximum Gasteiger partial charge on any atom is 0.313 e. The normalized spacial score (nSPS) is 10.7. The lowest BCUT2D eigenvalue weighted by molar-refractivity contribution is -0.152. The molecule has 0 saturated heterocycles. The fourth-order valence-corrected chi connectivity index (χ4v) is 0.707. The van der Waals surface area contributed by atoms with Crippen molar-refractivity contribution >= 4 is 12.0 Å². The lowest BCUT2D eigenvalue weighted by Crippen LogP contribution is -2.42. The Hall–Kier alpha value is -1.26. The van der Waals surface area contributed by atoms with Gasteiger partial charge in [0.05, 0.1) is 12.0 Å². The molecule has 0 aromatic heterocycles. The van der Waals surface area contributed by atoms with Crippen LogP contribution in [0.15, 0.2) is 0 Å². The highest BCUT2D eigenvalue weighted by Crippen LogP contribution is 2.15. The molecule has 5 heteroatoms. The van der Waals surface area contributed by atoms with E-state index in [4.69, 9.17) is 10.5 Å². The maximum absolute atomic E-state index is 11.3. The number of esters is 1. The Kier molecular flexibility index (Phi) is 4.23. The topological polar surface area (TPSA) is 81.4 Å². The van der Waals surface area contributed by atoms with E-state index in [2.05, 4.69) is 5.32 Å². The van der Waals surface area contributed by atoms with Crippen molar-refractivity contribution in [2.75, 3.05) is 13.2 Å². The Labute approximate surface area is 77.6 Å². The van der Waals surface area contributed by atoms with Crippen LogP contribution in [0.1, 0.15) is 20.8 Å². The molecule has 0 aliphatic rings. The van der Waals surface area contributed by atoms with E-state index in [0.29, 0.717) is 6.61 Å². The Morgan fingerprint density at radius 3 is 2.38 bits per heavy atom. The van der Waals surface area contributed by atoms with Gasteiger partial charge in [0.15, 0.2) is 0 Å². The number of rotatable bonds is 4. The number of hydrogen-bond donors (Lipinski definition) is 2. The summed E-state index contributed by atoms with van der Waals surface area (Å²) in [6.07, 6.45) is 0. The summed E-state index contributed by atoms with van der Waals surface area (Å²) in [5.74, 6) is -0.344. The maximum atomic E-state index is 11.3. The number of primary amides is 1. The minimum Gasteiger partial charge on any atom is -0.466 e. The number of urea groups is 1. The average Bonchev–Trinajstić information content (AvgIpc) is 2.01. The van der Waals surface area contributed by atoms with Gasteiger partial charge in [0.2, 0.25) is 0 Å². The van der Waals surface area contributed by atoms with Gasteiger partial charge in [0, 0.05) is 6.54 Å². The van der Waals surface area contributed by atoms with Crippen molar-refractivity contribution in [1.29, 1.82) is 0 Å². The molecule has 0 saturated carbocycles. The Balaban J connectivity index is 4.05. The van der Waals surface area contributed by atoms with E-state index in [1.165, 1.54) is 0 Å². The van der Waals surface area contributed by atoms with E-state index in [1.54, 1.807) is 20.8 Å². The van der Waals surface area contributed by atoms with Crippen molar-refractivity contribution in [3.8, 4) is 0 Å². The zero-order valence-electron chi connectivity index (χ0n) is 8.22. The zero-order valence-corrected chi connectivity index (χ0v) is 8.22. The van der Waals surface area contributed by atoms with Crippen molar-refractivity contribution in [3.63, 3.8) is 0 Å². The van der Waals surface area contributed by atoms with E-state index < -0.39 is 11.4 Å². The van der Waals surface area contributed by atoms with Crippen LogP contribution in [0.5, 0.6) is 0 Å². The van der Waals surface area contributed by atoms with Crippen molar-refractivity contribution in [2.45, 2.75) is 20.8 Å². The number of amides is 2. The highest BCUT2D eigenvalue weighted by Gasteiger charge is 2.29. The largest absolute Gasteiger partial charge is 0.466 e. The summed E-state index contributed by atoms with van der Waals surface area (Å²) in [6.45, 7) is 5.61. The quantitative estimate of drug-likeness (QED) is 0.620. The van der Waals surface area contributed by atoms with Gasteiger partial charge < -0.3 is 15.8 Å². The Bertz CT molecular complexity index is 202. The second-order valence-corrected chi connectivity index (χ2v) is 3.32. The van der Waals surface area contributed by atoms with Gasteiger partial charge in [-0.25, -0.2) is 4.79 Å². The van der Waals surface area contributed by atoms with Crippen LogP contribution in [-0.4, -0.2) is 25.2 Å². The summed E-state index contributed by atoms with van der Waals surface area (Å²) in [6, 6.07) is -0.641. The van der Waals surface area contributed by atoms with Crippen molar-refractivity contribution in [2.24, 2.45) is 11.1 Å². The molecule has 0 fully saturated rings. The number of carbonyl (C=O) groups is 2. The standard InChI is InChI=1S/C8H16N2O3/c1-4-13-6(11)8(2,3)5-10-7(9)12/h4-5H2,1-3H3,(H3,9,10,12). The van der Waals surface area contributed by atoms with Crippen LogP contribution in [0.4, 0.5) is 4.79 Å². The van der Waals surface area contributed by atoms with E-state index in [0.717, 1.165) is 0 Å². The minimum absolute atomic E-state index is 0.182. The third-order valence-corrected chi connectivity index (χ3v) is 1.53. The molecule has 0 radical (unpaired) electrons. The fraction of sp³-hybridized carbons (Fsp3) is 0.750. The monoisotopic (exact) mass is 188 g/mol. The van der Waals surface area contributed by atoms with Crippen LogP contribution in [0.3, 0.4) is 0 Å². The lowest BCUT2D eigenvalue weighted by atomic mass is 9.94. The van der Waals surface area contributed by atoms with Crippen LogP contribution in [0, 0.1) is 5.41 Å². The second kappa shape index (κ2) is 4.69. The molecule has 0 aliphatic carbocycles. The van der Waals surface area contributed by atoms with E-state index >= 15 is 0 Å². The first kappa shape index (κ1) is 11.7. The van der Waals surface area contributed by atoms with Gasteiger partial charge in [-0.3, -0.25) is 4.79 Å². The van der Waals surface area contributed by atoms with Gasteiger partial charge in [-0.15, -0.1) is 0 Å². The van der Waals surface area contributed by atoms with Gasteiger partial charge in [0.1, 0.15) is 0 Å². The number of nitrogens with one attached hydrogen (secondary N) is 1. The summed E-state index contributed by atoms with van der Waals surface area (Å²) in [5.41, 5.74) is 4.14. The first-order chi connectivity index (χ1) is 5.90. The first-order valence-electron chi connectivity index (χ1n) is 4.10. The third kappa shape index (κ3) is 4.35. The molecule has 0 aliphatic heterocycles. The molecule has 76 valence electrons. The first-order valence-corrected chi connectivity index (χ1v) is 4.10. The van der Waals surface area contributed by atoms with Crippen molar-refractivity contribution in [3.05, 3.63) is 0 Å². The van der Waals surface area contributed by atoms with Crippen LogP contribution >= 0.6 is 0 Å². The molecule has 0 atom stereocenters. The van der Waals surface area contributed by atoms with E-state index in [1.807, 2.05) is 0 Å². The number of hydrogen-bond acceptors (Lipinski definition) is 3. The van der Waals surface area contributed by atoms with Crippen LogP contribution in [-0.2, 0) is 9.53 Å². The molecular formula is C8H16N2O3. The van der Waals surface area contributed by atoms with Gasteiger partial charge in [-0.2, -0.15) is 0 Å². The molecule has 0 rings (SSSR count). The van der Waals surface area contributed by atoms with Crippen molar-refractivity contribution in [1.82, 2.24) is 5.32 Å². The summed E-state index contributed by atoms with van der Waals surface area (Å²) in [4.78, 5) is 21.6. The smallest absolute Gasteiger partial charge is 0.313 e. The molecule has 0 aromatic carbocycles. The molecule has 0 unspecified atom stereocenters. The molecule has 0 heterocycles. The lowest BCUT2D eigenvalue weighted by Gasteiger charge is -2.21. The Morgan fingerprint density at radius 1 is 1.46 bits per heavy atom. The number of carbonyl (C=O) groups excluding carboxylic acids is 2. The van der Waals surface area contributed by atoms with E-state index in [9.17, 15) is 9.59 Å². The second-order valence-electron chi connectivity index (χ2n) is 3.32. The highest BCUT2D eigenvalue weighted by molar-refractivity contribution is 5.78. The number of ether oxygens (including phenoxy) is 1. The van der Waals surface area contributed by atoms with Crippen LogP contribution in [0.2, 0.25) is 0 Å². The van der Waals surface area contributed by atoms with Gasteiger partial charge in [-0.1, -0.05) is 0 Å². The summed E-state index contributed by atoms with van der Waals surface area (Å²) < 4.78 is 4.81. The summed E-state index contributed by atoms with van der Waals surface area (Å²) in [5, 5.41) is 2.36. The molecule has 13 heavy (non-hydrogen) atoms. The van der Waals surface area contributed by atoms with Crippen LogP contribution in [0.25, 0.3) is 0 Å². The van der Waals surface area contributed by atoms with Gasteiger partial charge >= 0.3 is 12.0 Å². The third-order valence-electron chi connectivity index (χ3n) is 1.53. The molecular weight excluding hydrogens is 172 g/mol. The van der Waals surface area contributed by atoms with Crippen LogP contribution < -0.4 is 11.1 Å². The predicted molar refractivity (Wildman–Crippen MR) is 48.0 cm³/mol. The minimum atomic E-state index is -0.731. The number of nitrogens with two attached hydrogens (primary N) is 1. The van der Waals surface area contributed by atoms with Crippen molar-refractivity contribution < 1.29 is 14.3 Å².